The number of halogens is 1. The van der Waals surface area contributed by atoms with Crippen LogP contribution in [0.15, 0.2) is 17.3 Å². The molecule has 2 heterocycles. The van der Waals surface area contributed by atoms with Crippen LogP contribution in [0.25, 0.3) is 0 Å². The normalized spacial score (nSPS) is 23.8. The molecule has 1 aliphatic carbocycles. The van der Waals surface area contributed by atoms with Gasteiger partial charge in [0.25, 0.3) is 10.0 Å². The predicted octanol–water partition coefficient (Wildman–Crippen LogP) is 0.517. The highest BCUT2D eigenvalue weighted by Crippen LogP contribution is 2.34. The molecule has 0 amide bonds. The highest BCUT2D eigenvalue weighted by molar-refractivity contribution is 7.89. The van der Waals surface area contributed by atoms with Crippen molar-refractivity contribution >= 4 is 22.4 Å². The zero-order chi connectivity index (χ0) is 14.2. The Balaban J connectivity index is 0.00000161. The molecule has 3 rings (SSSR count). The van der Waals surface area contributed by atoms with Gasteiger partial charge in [0.15, 0.2) is 0 Å². The molecule has 2 N–H and O–H groups in total. The number of hydrogen-bond acceptors (Lipinski definition) is 5. The quantitative estimate of drug-likeness (QED) is 0.767. The van der Waals surface area contributed by atoms with Crippen molar-refractivity contribution < 1.29 is 8.42 Å². The van der Waals surface area contributed by atoms with Gasteiger partial charge in [-0.15, -0.1) is 17.2 Å². The molecule has 0 radical (unpaired) electrons. The summed E-state index contributed by atoms with van der Waals surface area (Å²) < 4.78 is 26.1. The van der Waals surface area contributed by atoms with E-state index < -0.39 is 10.0 Å². The summed E-state index contributed by atoms with van der Waals surface area (Å²) in [5.74, 6) is 0. The molecule has 1 aliphatic heterocycles. The Morgan fingerprint density at radius 2 is 2.10 bits per heavy atom. The van der Waals surface area contributed by atoms with Crippen molar-refractivity contribution in [2.24, 2.45) is 0 Å². The van der Waals surface area contributed by atoms with Crippen LogP contribution in [0.1, 0.15) is 31.7 Å². The highest BCUT2D eigenvalue weighted by atomic mass is 35.5. The first-order chi connectivity index (χ1) is 9.54. The first-order valence-electron chi connectivity index (χ1n) is 7.04. The highest BCUT2D eigenvalue weighted by Gasteiger charge is 2.27. The standard InChI is InChI=1S/C12H21N5O2S.ClH/c1-16-6-2-3-10(8-16)14-15-20(18,19)12-7-13-17(9-12)11-4-5-11;/h7,9-11,14-15H,2-6,8H2,1H3;1H/t10-;/m1./s1. The fraction of sp³-hybridized carbons (Fsp3) is 0.750. The maximum atomic E-state index is 12.2. The van der Waals surface area contributed by atoms with Crippen molar-refractivity contribution in [3.63, 3.8) is 0 Å². The second-order valence-electron chi connectivity index (χ2n) is 5.74. The van der Waals surface area contributed by atoms with Crippen molar-refractivity contribution in [3.8, 4) is 0 Å². The third-order valence-electron chi connectivity index (χ3n) is 3.83. The third kappa shape index (κ3) is 4.17. The Kier molecular flexibility index (Phi) is 5.26. The molecular weight excluding hydrogens is 314 g/mol. The van der Waals surface area contributed by atoms with E-state index in [4.69, 9.17) is 0 Å². The minimum Gasteiger partial charge on any atom is -0.305 e. The van der Waals surface area contributed by atoms with Crippen molar-refractivity contribution in [1.82, 2.24) is 24.9 Å². The van der Waals surface area contributed by atoms with Gasteiger partial charge >= 0.3 is 0 Å². The van der Waals surface area contributed by atoms with Crippen LogP contribution < -0.4 is 10.3 Å². The van der Waals surface area contributed by atoms with Crippen LogP contribution in [-0.2, 0) is 10.0 Å². The predicted molar refractivity (Wildman–Crippen MR) is 81.7 cm³/mol. The monoisotopic (exact) mass is 335 g/mol. The van der Waals surface area contributed by atoms with E-state index in [9.17, 15) is 8.42 Å². The maximum Gasteiger partial charge on any atom is 0.256 e. The summed E-state index contributed by atoms with van der Waals surface area (Å²) >= 11 is 0. The topological polar surface area (TPSA) is 79.3 Å². The van der Waals surface area contributed by atoms with Gasteiger partial charge in [0, 0.05) is 18.8 Å². The van der Waals surface area contributed by atoms with Crippen molar-refractivity contribution in [3.05, 3.63) is 12.4 Å². The number of hydrogen-bond donors (Lipinski definition) is 2. The van der Waals surface area contributed by atoms with E-state index in [1.54, 1.807) is 10.9 Å². The van der Waals surface area contributed by atoms with Gasteiger partial charge in [-0.2, -0.15) is 5.10 Å². The first kappa shape index (κ1) is 16.7. The van der Waals surface area contributed by atoms with Gasteiger partial charge < -0.3 is 4.90 Å². The molecule has 0 unspecified atom stereocenters. The van der Waals surface area contributed by atoms with E-state index in [-0.39, 0.29) is 23.3 Å². The maximum absolute atomic E-state index is 12.2. The number of aromatic nitrogens is 2. The Labute approximate surface area is 131 Å². The van der Waals surface area contributed by atoms with Crippen LogP contribution in [0.3, 0.4) is 0 Å². The molecule has 120 valence electrons. The fourth-order valence-corrected chi connectivity index (χ4v) is 3.37. The number of likely N-dealkylation sites (N-methyl/N-ethyl adjacent to an activating group) is 1. The Hall–Kier alpha value is -0.670. The summed E-state index contributed by atoms with van der Waals surface area (Å²) in [6, 6.07) is 0.543. The molecule has 1 aromatic heterocycles. The van der Waals surface area contributed by atoms with Crippen molar-refractivity contribution in [1.29, 1.82) is 0 Å². The lowest BCUT2D eigenvalue weighted by Crippen LogP contribution is -2.51. The van der Waals surface area contributed by atoms with E-state index in [2.05, 4.69) is 20.3 Å². The van der Waals surface area contributed by atoms with Crippen LogP contribution in [-0.4, -0.2) is 49.3 Å². The molecule has 9 heteroatoms. The van der Waals surface area contributed by atoms with E-state index in [0.717, 1.165) is 38.8 Å². The number of nitrogens with zero attached hydrogens (tertiary/aromatic N) is 3. The SMILES string of the molecule is CN1CCC[C@@H](NNS(=O)(=O)c2cnn(C3CC3)c2)C1.Cl. The summed E-state index contributed by atoms with van der Waals surface area (Å²) in [5, 5.41) is 4.11. The summed E-state index contributed by atoms with van der Waals surface area (Å²) in [4.78, 5) is 4.90. The molecular formula is C12H22ClN5O2S. The number of sulfonamides is 1. The number of hydrazine groups is 1. The smallest absolute Gasteiger partial charge is 0.256 e. The van der Waals surface area contributed by atoms with Gasteiger partial charge in [-0.3, -0.25) is 4.68 Å². The summed E-state index contributed by atoms with van der Waals surface area (Å²) in [7, 11) is -1.48. The molecule has 21 heavy (non-hydrogen) atoms. The van der Waals surface area contributed by atoms with Crippen LogP contribution in [0.5, 0.6) is 0 Å². The molecule has 1 saturated carbocycles. The second kappa shape index (κ2) is 6.62. The molecule has 1 aromatic rings. The zero-order valence-electron chi connectivity index (χ0n) is 12.0. The average Bonchev–Trinajstić information content (AvgIpc) is 3.14. The van der Waals surface area contributed by atoms with Crippen LogP contribution in [0, 0.1) is 0 Å². The van der Waals surface area contributed by atoms with Gasteiger partial charge in [0.1, 0.15) is 4.90 Å². The number of likely N-dealkylation sites (tertiary alicyclic amines) is 1. The van der Waals surface area contributed by atoms with E-state index in [1.165, 1.54) is 6.20 Å². The molecule has 0 aromatic carbocycles. The third-order valence-corrected chi connectivity index (χ3v) is 5.05. The lowest BCUT2D eigenvalue weighted by atomic mass is 10.1. The van der Waals surface area contributed by atoms with Gasteiger partial charge in [-0.25, -0.2) is 13.8 Å². The van der Waals surface area contributed by atoms with Crippen LogP contribution >= 0.6 is 12.4 Å². The number of nitrogens with one attached hydrogen (secondary N) is 2. The number of rotatable bonds is 5. The van der Waals surface area contributed by atoms with Gasteiger partial charge in [0.2, 0.25) is 0 Å². The largest absolute Gasteiger partial charge is 0.305 e. The molecule has 1 atom stereocenters. The Morgan fingerprint density at radius 3 is 2.76 bits per heavy atom. The van der Waals surface area contributed by atoms with Gasteiger partial charge in [-0.1, -0.05) is 0 Å². The van der Waals surface area contributed by atoms with E-state index >= 15 is 0 Å². The Bertz CT molecular complexity index is 572. The summed E-state index contributed by atoms with van der Waals surface area (Å²) in [6.07, 6.45) is 7.25. The molecule has 0 spiro atoms. The first-order valence-corrected chi connectivity index (χ1v) is 8.53. The lowest BCUT2D eigenvalue weighted by Gasteiger charge is -2.30. The summed E-state index contributed by atoms with van der Waals surface area (Å²) in [6.45, 7) is 1.92. The fourth-order valence-electron chi connectivity index (χ4n) is 2.50. The van der Waals surface area contributed by atoms with Gasteiger partial charge in [-0.05, 0) is 39.3 Å². The van der Waals surface area contributed by atoms with Gasteiger partial charge in [0.05, 0.1) is 12.2 Å². The Morgan fingerprint density at radius 1 is 1.33 bits per heavy atom. The molecule has 0 bridgehead atoms. The minimum absolute atomic E-state index is 0. The molecule has 2 aliphatic rings. The zero-order valence-corrected chi connectivity index (χ0v) is 13.7. The summed E-state index contributed by atoms with van der Waals surface area (Å²) in [5.41, 5.74) is 2.93. The van der Waals surface area contributed by atoms with Crippen molar-refractivity contribution in [2.75, 3.05) is 20.1 Å². The molecule has 2 fully saturated rings. The van der Waals surface area contributed by atoms with E-state index in [0.29, 0.717) is 6.04 Å². The molecule has 7 nitrogen and oxygen atoms in total. The number of piperidine rings is 1. The minimum atomic E-state index is -3.53. The second-order valence-corrected chi connectivity index (χ2v) is 7.42. The van der Waals surface area contributed by atoms with Crippen LogP contribution in [0.2, 0.25) is 0 Å². The molecule has 1 saturated heterocycles. The van der Waals surface area contributed by atoms with Crippen LogP contribution in [0.4, 0.5) is 0 Å². The van der Waals surface area contributed by atoms with Crippen molar-refractivity contribution in [2.45, 2.75) is 42.7 Å². The average molecular weight is 336 g/mol. The lowest BCUT2D eigenvalue weighted by molar-refractivity contribution is 0.223. The van der Waals surface area contributed by atoms with E-state index in [1.807, 2.05) is 7.05 Å².